The van der Waals surface area contributed by atoms with E-state index in [1.54, 1.807) is 12.2 Å². The summed E-state index contributed by atoms with van der Waals surface area (Å²) in [6.07, 6.45) is 12.0. The van der Waals surface area contributed by atoms with Gasteiger partial charge in [0.05, 0.1) is 0 Å². The summed E-state index contributed by atoms with van der Waals surface area (Å²) < 4.78 is 12.9. The maximum atomic E-state index is 12.9. The van der Waals surface area contributed by atoms with Crippen LogP contribution in [0, 0.1) is 0 Å². The Balaban J connectivity index is 0. The third-order valence-corrected chi connectivity index (χ3v) is 1.92. The number of allylic oxidation sites excluding steroid dienone is 5. The second kappa shape index (κ2) is 14.8. The van der Waals surface area contributed by atoms with Crippen LogP contribution in [-0.2, 0) is 0 Å². The minimum Gasteiger partial charge on any atom is -0.313 e. The summed E-state index contributed by atoms with van der Waals surface area (Å²) in [5.41, 5.74) is 0. The SMILES string of the molecule is C=C/C=C\C(C/C=C\C(F)=C/CC)NC.CC. The van der Waals surface area contributed by atoms with Crippen LogP contribution in [0.5, 0.6) is 0 Å². The summed E-state index contributed by atoms with van der Waals surface area (Å²) in [4.78, 5) is 0. The molecule has 0 aromatic rings. The minimum absolute atomic E-state index is 0.167. The van der Waals surface area contributed by atoms with Gasteiger partial charge in [-0.05, 0) is 32.0 Å². The number of likely N-dealkylation sites (N-methyl/N-ethyl adjacent to an activating group) is 1. The Kier molecular flexibility index (Phi) is 15.9. The Morgan fingerprint density at radius 2 is 2.06 bits per heavy atom. The quantitative estimate of drug-likeness (QED) is 0.642. The van der Waals surface area contributed by atoms with Crippen molar-refractivity contribution in [1.29, 1.82) is 0 Å². The monoisotopic (exact) mass is 239 g/mol. The van der Waals surface area contributed by atoms with Crippen LogP contribution in [0.4, 0.5) is 4.39 Å². The highest BCUT2D eigenvalue weighted by atomic mass is 19.1. The van der Waals surface area contributed by atoms with E-state index in [-0.39, 0.29) is 11.9 Å². The molecule has 1 unspecified atom stereocenters. The molecule has 0 amide bonds. The predicted octanol–water partition coefficient (Wildman–Crippen LogP) is 4.55. The fourth-order valence-electron chi connectivity index (χ4n) is 1.10. The zero-order valence-electron chi connectivity index (χ0n) is 11.5. The first-order valence-corrected chi connectivity index (χ1v) is 6.23. The van der Waals surface area contributed by atoms with Crippen molar-refractivity contribution in [3.63, 3.8) is 0 Å². The van der Waals surface area contributed by atoms with E-state index < -0.39 is 0 Å². The summed E-state index contributed by atoms with van der Waals surface area (Å²) in [5.74, 6) is -0.167. The highest BCUT2D eigenvalue weighted by molar-refractivity contribution is 5.12. The largest absolute Gasteiger partial charge is 0.313 e. The fraction of sp³-hybridized carbons (Fsp3) is 0.467. The summed E-state index contributed by atoms with van der Waals surface area (Å²) in [6.45, 7) is 9.51. The van der Waals surface area contributed by atoms with Crippen molar-refractivity contribution in [2.75, 3.05) is 7.05 Å². The van der Waals surface area contributed by atoms with Crippen molar-refractivity contribution >= 4 is 0 Å². The maximum absolute atomic E-state index is 12.9. The van der Waals surface area contributed by atoms with E-state index in [0.29, 0.717) is 0 Å². The van der Waals surface area contributed by atoms with Gasteiger partial charge < -0.3 is 5.32 Å². The van der Waals surface area contributed by atoms with E-state index in [1.807, 2.05) is 46.0 Å². The topological polar surface area (TPSA) is 12.0 Å². The third-order valence-electron chi connectivity index (χ3n) is 1.92. The van der Waals surface area contributed by atoms with Crippen LogP contribution in [0.1, 0.15) is 33.6 Å². The number of rotatable bonds is 7. The zero-order valence-corrected chi connectivity index (χ0v) is 11.5. The van der Waals surface area contributed by atoms with Crippen LogP contribution in [0.25, 0.3) is 0 Å². The molecule has 1 atom stereocenters. The molecule has 98 valence electrons. The number of hydrogen-bond acceptors (Lipinski definition) is 1. The van der Waals surface area contributed by atoms with Crippen LogP contribution in [0.15, 0.2) is 48.9 Å². The molecular formula is C15H26FN. The van der Waals surface area contributed by atoms with Crippen LogP contribution < -0.4 is 5.32 Å². The van der Waals surface area contributed by atoms with Gasteiger partial charge in [0, 0.05) is 6.04 Å². The maximum Gasteiger partial charge on any atom is 0.118 e. The summed E-state index contributed by atoms with van der Waals surface area (Å²) in [5, 5.41) is 3.11. The van der Waals surface area contributed by atoms with Crippen molar-refractivity contribution in [3.8, 4) is 0 Å². The molecule has 0 aliphatic carbocycles. The molecule has 1 nitrogen and oxygen atoms in total. The number of halogens is 1. The van der Waals surface area contributed by atoms with Gasteiger partial charge in [-0.2, -0.15) is 0 Å². The van der Waals surface area contributed by atoms with Gasteiger partial charge in [-0.3, -0.25) is 0 Å². The van der Waals surface area contributed by atoms with Gasteiger partial charge >= 0.3 is 0 Å². The van der Waals surface area contributed by atoms with Gasteiger partial charge in [0.15, 0.2) is 0 Å². The van der Waals surface area contributed by atoms with Gasteiger partial charge in [-0.25, -0.2) is 4.39 Å². The molecule has 0 saturated carbocycles. The van der Waals surface area contributed by atoms with Gasteiger partial charge in [0.25, 0.3) is 0 Å². The van der Waals surface area contributed by atoms with E-state index in [2.05, 4.69) is 11.9 Å². The van der Waals surface area contributed by atoms with E-state index >= 15 is 0 Å². The van der Waals surface area contributed by atoms with Crippen LogP contribution in [-0.4, -0.2) is 13.1 Å². The molecule has 0 fully saturated rings. The van der Waals surface area contributed by atoms with E-state index in [4.69, 9.17) is 0 Å². The number of hydrogen-bond donors (Lipinski definition) is 1. The first kappa shape index (κ1) is 18.2. The van der Waals surface area contributed by atoms with Crippen molar-refractivity contribution < 1.29 is 4.39 Å². The lowest BCUT2D eigenvalue weighted by atomic mass is 10.2. The molecule has 0 aliphatic heterocycles. The summed E-state index contributed by atoms with van der Waals surface area (Å²) >= 11 is 0. The molecule has 0 spiro atoms. The van der Waals surface area contributed by atoms with Crippen molar-refractivity contribution in [1.82, 2.24) is 5.32 Å². The standard InChI is InChI=1S/C13H20FN.C2H6/c1-4-6-10-13(15-3)11-7-9-12(14)8-5-2;1-2/h4,6-10,13,15H,1,5,11H2,2-3H3;1-2H3/b9-7-,10-6-,12-8+;. The fourth-order valence-corrected chi connectivity index (χ4v) is 1.10. The van der Waals surface area contributed by atoms with E-state index in [9.17, 15) is 4.39 Å². The Morgan fingerprint density at radius 1 is 1.41 bits per heavy atom. The van der Waals surface area contributed by atoms with Crippen LogP contribution in [0.2, 0.25) is 0 Å². The summed E-state index contributed by atoms with van der Waals surface area (Å²) in [6, 6.07) is 0.230. The molecule has 2 heteroatoms. The van der Waals surface area contributed by atoms with Gasteiger partial charge in [-0.1, -0.05) is 51.7 Å². The smallest absolute Gasteiger partial charge is 0.118 e. The minimum atomic E-state index is -0.167. The second-order valence-electron chi connectivity index (χ2n) is 3.15. The number of nitrogens with one attached hydrogen (secondary N) is 1. The van der Waals surface area contributed by atoms with Crippen molar-refractivity contribution in [3.05, 3.63) is 48.9 Å². The highest BCUT2D eigenvalue weighted by Gasteiger charge is 1.96. The third kappa shape index (κ3) is 12.8. The average Bonchev–Trinajstić information content (AvgIpc) is 2.36. The van der Waals surface area contributed by atoms with Gasteiger partial charge in [0.2, 0.25) is 0 Å². The lowest BCUT2D eigenvalue weighted by Gasteiger charge is -2.07. The van der Waals surface area contributed by atoms with Gasteiger partial charge in [0.1, 0.15) is 5.83 Å². The molecular weight excluding hydrogens is 213 g/mol. The molecule has 0 rings (SSSR count). The molecule has 0 saturated heterocycles. The first-order valence-electron chi connectivity index (χ1n) is 6.23. The van der Waals surface area contributed by atoms with Crippen molar-refractivity contribution in [2.24, 2.45) is 0 Å². The Bertz CT molecular complexity index is 252. The van der Waals surface area contributed by atoms with E-state index in [1.165, 1.54) is 6.08 Å². The molecule has 0 radical (unpaired) electrons. The molecule has 0 aromatic carbocycles. The lowest BCUT2D eigenvalue weighted by molar-refractivity contribution is 0.652. The molecule has 0 heterocycles. The molecule has 0 bridgehead atoms. The predicted molar refractivity (Wildman–Crippen MR) is 76.8 cm³/mol. The molecule has 0 aromatic heterocycles. The summed E-state index contributed by atoms with van der Waals surface area (Å²) in [7, 11) is 1.88. The highest BCUT2D eigenvalue weighted by Crippen LogP contribution is 2.03. The first-order chi connectivity index (χ1) is 8.24. The van der Waals surface area contributed by atoms with Crippen LogP contribution >= 0.6 is 0 Å². The Hall–Kier alpha value is -1.15. The van der Waals surface area contributed by atoms with Gasteiger partial charge in [-0.15, -0.1) is 0 Å². The second-order valence-corrected chi connectivity index (χ2v) is 3.15. The van der Waals surface area contributed by atoms with E-state index in [0.717, 1.165) is 12.8 Å². The molecule has 1 N–H and O–H groups in total. The van der Waals surface area contributed by atoms with Crippen LogP contribution in [0.3, 0.4) is 0 Å². The average molecular weight is 239 g/mol. The van der Waals surface area contributed by atoms with Crippen molar-refractivity contribution in [2.45, 2.75) is 39.7 Å². The lowest BCUT2D eigenvalue weighted by Crippen LogP contribution is -2.21. The zero-order chi connectivity index (χ0) is 13.5. The normalized spacial score (nSPS) is 13.6. The Morgan fingerprint density at radius 3 is 2.53 bits per heavy atom. The Labute approximate surface area is 106 Å². The molecule has 0 aliphatic rings. The molecule has 17 heavy (non-hydrogen) atoms.